The van der Waals surface area contributed by atoms with Crippen LogP contribution in [0.1, 0.15) is 27.2 Å². The third-order valence-electron chi connectivity index (χ3n) is 4.02. The molecule has 3 aromatic rings. The first-order valence-corrected chi connectivity index (χ1v) is 8.98. The molecule has 0 radical (unpaired) electrons. The van der Waals surface area contributed by atoms with Crippen molar-refractivity contribution in [2.45, 2.75) is 19.8 Å². The minimum absolute atomic E-state index is 0.0698. The quantitative estimate of drug-likeness (QED) is 0.600. The van der Waals surface area contributed by atoms with Gasteiger partial charge < -0.3 is 19.8 Å². The maximum absolute atomic E-state index is 12.0. The largest absolute Gasteiger partial charge is 0.467 e. The first-order valence-electron chi connectivity index (χ1n) is 8.98. The van der Waals surface area contributed by atoms with Gasteiger partial charge in [-0.25, -0.2) is 0 Å². The van der Waals surface area contributed by atoms with Crippen LogP contribution in [-0.2, 0) is 29.3 Å². The van der Waals surface area contributed by atoms with Crippen molar-refractivity contribution in [1.29, 1.82) is 0 Å². The molecule has 0 unspecified atom stereocenters. The molecule has 144 valence electrons. The molecule has 0 atom stereocenters. The molecule has 0 fully saturated rings. The fourth-order valence-electron chi connectivity index (χ4n) is 2.61. The molecule has 28 heavy (non-hydrogen) atoms. The van der Waals surface area contributed by atoms with Crippen LogP contribution in [0.25, 0.3) is 0 Å². The van der Waals surface area contributed by atoms with E-state index < -0.39 is 0 Å². The third-order valence-corrected chi connectivity index (χ3v) is 4.02. The van der Waals surface area contributed by atoms with E-state index in [1.165, 1.54) is 0 Å². The molecule has 0 spiro atoms. The predicted molar refractivity (Wildman–Crippen MR) is 104 cm³/mol. The number of rotatable bonds is 9. The smallest absolute Gasteiger partial charge is 0.251 e. The van der Waals surface area contributed by atoms with Crippen molar-refractivity contribution in [2.75, 3.05) is 6.54 Å². The van der Waals surface area contributed by atoms with Gasteiger partial charge in [-0.2, -0.15) is 0 Å². The molecular weight excluding hydrogens is 356 g/mol. The molecular formula is C22H22N2O4. The average Bonchev–Trinajstić information content (AvgIpc) is 3.25. The number of ether oxygens (including phenoxy) is 1. The van der Waals surface area contributed by atoms with Crippen LogP contribution >= 0.6 is 0 Å². The van der Waals surface area contributed by atoms with E-state index in [1.54, 1.807) is 30.5 Å². The third kappa shape index (κ3) is 6.10. The second kappa shape index (κ2) is 10.1. The molecule has 6 heteroatoms. The van der Waals surface area contributed by atoms with Crippen molar-refractivity contribution < 1.29 is 18.7 Å². The number of carbonyl (C=O) groups is 2. The summed E-state index contributed by atoms with van der Waals surface area (Å²) in [4.78, 5) is 23.9. The summed E-state index contributed by atoms with van der Waals surface area (Å²) in [6.07, 6.45) is 1.62. The first kappa shape index (κ1) is 19.4. The van der Waals surface area contributed by atoms with Crippen molar-refractivity contribution in [3.8, 4) is 0 Å². The van der Waals surface area contributed by atoms with Crippen LogP contribution in [0.3, 0.4) is 0 Å². The van der Waals surface area contributed by atoms with Crippen molar-refractivity contribution in [1.82, 2.24) is 10.6 Å². The van der Waals surface area contributed by atoms with Gasteiger partial charge in [0.2, 0.25) is 5.91 Å². The number of hydrogen-bond acceptors (Lipinski definition) is 4. The number of hydrogen-bond donors (Lipinski definition) is 2. The highest BCUT2D eigenvalue weighted by Crippen LogP contribution is 2.09. The van der Waals surface area contributed by atoms with Gasteiger partial charge in [-0.05, 0) is 35.4 Å². The van der Waals surface area contributed by atoms with Crippen LogP contribution in [0.2, 0.25) is 0 Å². The zero-order valence-corrected chi connectivity index (χ0v) is 15.4. The number of nitrogens with one attached hydrogen (secondary N) is 2. The Morgan fingerprint density at radius 3 is 2.46 bits per heavy atom. The zero-order chi connectivity index (χ0) is 19.6. The molecule has 0 aliphatic heterocycles. The first-order chi connectivity index (χ1) is 13.7. The van der Waals surface area contributed by atoms with Crippen LogP contribution < -0.4 is 10.6 Å². The van der Waals surface area contributed by atoms with Gasteiger partial charge >= 0.3 is 0 Å². The molecule has 1 heterocycles. The molecule has 1 aromatic heterocycles. The molecule has 0 aliphatic rings. The normalized spacial score (nSPS) is 10.4. The van der Waals surface area contributed by atoms with Crippen molar-refractivity contribution >= 4 is 11.8 Å². The van der Waals surface area contributed by atoms with Crippen LogP contribution in [-0.4, -0.2) is 18.4 Å². The van der Waals surface area contributed by atoms with Gasteiger partial charge in [-0.3, -0.25) is 9.59 Å². The lowest BCUT2D eigenvalue weighted by molar-refractivity contribution is -0.120. The molecule has 2 aromatic carbocycles. The minimum atomic E-state index is -0.272. The Labute approximate surface area is 163 Å². The number of amides is 2. The zero-order valence-electron chi connectivity index (χ0n) is 15.4. The topological polar surface area (TPSA) is 80.6 Å². The van der Waals surface area contributed by atoms with E-state index in [2.05, 4.69) is 10.6 Å². The van der Waals surface area contributed by atoms with Crippen molar-refractivity contribution in [3.63, 3.8) is 0 Å². The molecule has 0 saturated heterocycles. The summed E-state index contributed by atoms with van der Waals surface area (Å²) in [6, 6.07) is 20.3. The minimum Gasteiger partial charge on any atom is -0.467 e. The maximum Gasteiger partial charge on any atom is 0.251 e. The Bertz CT molecular complexity index is 892. The van der Waals surface area contributed by atoms with Crippen LogP contribution in [0.5, 0.6) is 0 Å². The lowest BCUT2D eigenvalue weighted by Gasteiger charge is -2.09. The maximum atomic E-state index is 12.0. The Morgan fingerprint density at radius 1 is 0.857 bits per heavy atom. The fourth-order valence-corrected chi connectivity index (χ4v) is 2.61. The van der Waals surface area contributed by atoms with Crippen molar-refractivity contribution in [3.05, 3.63) is 95.4 Å². The number of benzene rings is 2. The molecule has 0 bridgehead atoms. The standard InChI is InChI=1S/C22H22N2O4/c25-21(14-24-22(26)19-8-2-1-3-9-19)23-13-17-6-4-7-18(12-17)15-27-16-20-10-5-11-28-20/h1-12H,13-16H2,(H,23,25)(H,24,26). The van der Waals surface area contributed by atoms with Crippen LogP contribution in [0.4, 0.5) is 0 Å². The number of carbonyl (C=O) groups excluding carboxylic acids is 2. The predicted octanol–water partition coefficient (Wildman–Crippen LogP) is 3.04. The average molecular weight is 378 g/mol. The summed E-state index contributed by atoms with van der Waals surface area (Å²) in [6.45, 7) is 1.18. The molecule has 0 saturated carbocycles. The van der Waals surface area contributed by atoms with Crippen LogP contribution in [0.15, 0.2) is 77.4 Å². The van der Waals surface area contributed by atoms with E-state index in [0.29, 0.717) is 25.3 Å². The molecule has 2 amide bonds. The van der Waals surface area contributed by atoms with Gasteiger partial charge in [-0.15, -0.1) is 0 Å². The number of furan rings is 1. The molecule has 6 nitrogen and oxygen atoms in total. The summed E-state index contributed by atoms with van der Waals surface area (Å²) in [5, 5.41) is 5.41. The summed E-state index contributed by atoms with van der Waals surface area (Å²) < 4.78 is 10.8. The summed E-state index contributed by atoms with van der Waals surface area (Å²) >= 11 is 0. The van der Waals surface area contributed by atoms with Gasteiger partial charge in [0.15, 0.2) is 0 Å². The SMILES string of the molecule is O=C(CNC(=O)c1ccccc1)NCc1cccc(COCc2ccco2)c1. The highest BCUT2D eigenvalue weighted by molar-refractivity contribution is 5.96. The highest BCUT2D eigenvalue weighted by Gasteiger charge is 2.07. The molecule has 0 aliphatic carbocycles. The molecule has 3 rings (SSSR count). The van der Waals surface area contributed by atoms with Gasteiger partial charge in [0.1, 0.15) is 12.4 Å². The Kier molecular flexibility index (Phi) is 6.98. The van der Waals surface area contributed by atoms with Crippen molar-refractivity contribution in [2.24, 2.45) is 0 Å². The fraction of sp³-hybridized carbons (Fsp3) is 0.182. The lowest BCUT2D eigenvalue weighted by Crippen LogP contribution is -2.36. The highest BCUT2D eigenvalue weighted by atomic mass is 16.5. The van der Waals surface area contributed by atoms with E-state index in [1.807, 2.05) is 42.5 Å². The second-order valence-electron chi connectivity index (χ2n) is 6.22. The van der Waals surface area contributed by atoms with E-state index in [-0.39, 0.29) is 18.4 Å². The summed E-state index contributed by atoms with van der Waals surface area (Å²) in [5.41, 5.74) is 2.50. The lowest BCUT2D eigenvalue weighted by atomic mass is 10.1. The van der Waals surface area contributed by atoms with Gasteiger partial charge in [-0.1, -0.05) is 42.5 Å². The molecule has 2 N–H and O–H groups in total. The second-order valence-corrected chi connectivity index (χ2v) is 6.22. The van der Waals surface area contributed by atoms with E-state index in [9.17, 15) is 9.59 Å². The Balaban J connectivity index is 1.40. The van der Waals surface area contributed by atoms with Gasteiger partial charge in [0, 0.05) is 12.1 Å². The van der Waals surface area contributed by atoms with E-state index in [0.717, 1.165) is 16.9 Å². The van der Waals surface area contributed by atoms with Crippen LogP contribution in [0, 0.1) is 0 Å². The van der Waals surface area contributed by atoms with Gasteiger partial charge in [0.25, 0.3) is 5.91 Å². The Morgan fingerprint density at radius 2 is 1.68 bits per heavy atom. The Hall–Kier alpha value is -3.38. The van der Waals surface area contributed by atoms with Gasteiger partial charge in [0.05, 0.1) is 19.4 Å². The summed E-state index contributed by atoms with van der Waals surface area (Å²) in [7, 11) is 0. The summed E-state index contributed by atoms with van der Waals surface area (Å²) in [5.74, 6) is 0.260. The monoisotopic (exact) mass is 378 g/mol. The van der Waals surface area contributed by atoms with E-state index >= 15 is 0 Å². The van der Waals surface area contributed by atoms with E-state index in [4.69, 9.17) is 9.15 Å².